The van der Waals surface area contributed by atoms with Gasteiger partial charge in [-0.2, -0.15) is 0 Å². The summed E-state index contributed by atoms with van der Waals surface area (Å²) >= 11 is 5.90. The van der Waals surface area contributed by atoms with Gasteiger partial charge in [-0.05, 0) is 29.8 Å². The molecule has 0 aliphatic rings. The van der Waals surface area contributed by atoms with E-state index in [0.717, 1.165) is 22.0 Å². The number of H-pyrrole nitrogens is 1. The minimum atomic E-state index is -4.02. The van der Waals surface area contributed by atoms with Crippen molar-refractivity contribution < 1.29 is 13.2 Å². The lowest BCUT2D eigenvalue weighted by Gasteiger charge is -2.06. The Hall–Kier alpha value is -2.93. The summed E-state index contributed by atoms with van der Waals surface area (Å²) in [6.45, 7) is 0. The van der Waals surface area contributed by atoms with E-state index in [1.54, 1.807) is 12.1 Å². The van der Waals surface area contributed by atoms with Crippen LogP contribution in [-0.2, 0) is 10.0 Å². The van der Waals surface area contributed by atoms with Crippen LogP contribution in [0.25, 0.3) is 22.0 Å². The van der Waals surface area contributed by atoms with E-state index in [9.17, 15) is 13.2 Å². The molecule has 0 spiro atoms. The average Bonchev–Trinajstić information content (AvgIpc) is 3.11. The number of rotatable bonds is 4. The van der Waals surface area contributed by atoms with Crippen molar-refractivity contribution in [2.75, 3.05) is 0 Å². The zero-order valence-corrected chi connectivity index (χ0v) is 16.1. The van der Waals surface area contributed by atoms with Crippen molar-refractivity contribution in [3.8, 4) is 11.1 Å². The molecule has 0 amide bonds. The van der Waals surface area contributed by atoms with Gasteiger partial charge in [0.1, 0.15) is 4.90 Å². The Morgan fingerprint density at radius 3 is 2.32 bits per heavy atom. The predicted octanol–water partition coefficient (Wildman–Crippen LogP) is 4.37. The highest BCUT2D eigenvalue weighted by molar-refractivity contribution is 7.89. The van der Waals surface area contributed by atoms with Crippen molar-refractivity contribution in [2.24, 2.45) is 5.14 Å². The highest BCUT2D eigenvalue weighted by Gasteiger charge is 2.18. The van der Waals surface area contributed by atoms with Crippen LogP contribution in [0.15, 0.2) is 77.8 Å². The molecule has 4 aromatic rings. The molecule has 140 valence electrons. The van der Waals surface area contributed by atoms with Crippen LogP contribution in [0.5, 0.6) is 0 Å². The van der Waals surface area contributed by atoms with E-state index in [1.165, 1.54) is 18.2 Å². The number of carbonyl (C=O) groups is 1. The summed E-state index contributed by atoms with van der Waals surface area (Å²) in [7, 11) is -4.02. The molecule has 0 saturated carbocycles. The summed E-state index contributed by atoms with van der Waals surface area (Å²) in [4.78, 5) is 15.8. The number of ketones is 1. The van der Waals surface area contributed by atoms with Crippen LogP contribution < -0.4 is 5.14 Å². The number of hydrogen-bond acceptors (Lipinski definition) is 3. The molecule has 0 radical (unpaired) electrons. The molecule has 0 fully saturated rings. The van der Waals surface area contributed by atoms with Gasteiger partial charge < -0.3 is 4.98 Å². The van der Waals surface area contributed by atoms with Crippen LogP contribution in [0.4, 0.5) is 0 Å². The zero-order valence-electron chi connectivity index (χ0n) is 14.5. The van der Waals surface area contributed by atoms with Gasteiger partial charge in [-0.15, -0.1) is 0 Å². The van der Waals surface area contributed by atoms with Gasteiger partial charge >= 0.3 is 0 Å². The third kappa shape index (κ3) is 3.33. The number of aromatic amines is 1. The third-order valence-corrected chi connectivity index (χ3v) is 5.92. The summed E-state index contributed by atoms with van der Waals surface area (Å²) < 4.78 is 23.3. The monoisotopic (exact) mass is 410 g/mol. The van der Waals surface area contributed by atoms with E-state index in [4.69, 9.17) is 16.7 Å². The van der Waals surface area contributed by atoms with Crippen LogP contribution in [-0.4, -0.2) is 19.2 Å². The van der Waals surface area contributed by atoms with Crippen molar-refractivity contribution in [3.05, 3.63) is 89.1 Å². The molecular weight excluding hydrogens is 396 g/mol. The lowest BCUT2D eigenvalue weighted by atomic mass is 10.00. The fraction of sp³-hybridized carbons (Fsp3) is 0. The second kappa shape index (κ2) is 6.91. The van der Waals surface area contributed by atoms with Gasteiger partial charge in [0.25, 0.3) is 0 Å². The number of benzene rings is 3. The first kappa shape index (κ1) is 18.4. The fourth-order valence-electron chi connectivity index (χ4n) is 3.15. The first-order chi connectivity index (χ1) is 13.3. The van der Waals surface area contributed by atoms with Crippen molar-refractivity contribution in [1.82, 2.24) is 4.98 Å². The smallest absolute Gasteiger partial charge is 0.239 e. The Bertz CT molecular complexity index is 1310. The lowest BCUT2D eigenvalue weighted by molar-refractivity contribution is 0.103. The SMILES string of the molecule is NS(=O)(=O)c1cc(C(=O)c2ccc3c(-c4ccccc4)c[nH]c3c2)ccc1Cl. The van der Waals surface area contributed by atoms with E-state index < -0.39 is 10.0 Å². The number of primary sulfonamides is 1. The third-order valence-electron chi connectivity index (χ3n) is 4.53. The van der Waals surface area contributed by atoms with Gasteiger partial charge in [-0.25, -0.2) is 13.6 Å². The maximum absolute atomic E-state index is 12.9. The molecule has 3 N–H and O–H groups in total. The van der Waals surface area contributed by atoms with Crippen molar-refractivity contribution in [3.63, 3.8) is 0 Å². The molecule has 0 bridgehead atoms. The first-order valence-electron chi connectivity index (χ1n) is 8.38. The molecular formula is C21H15ClN2O3S. The van der Waals surface area contributed by atoms with Crippen molar-refractivity contribution >= 4 is 38.3 Å². The Morgan fingerprint density at radius 1 is 0.929 bits per heavy atom. The highest BCUT2D eigenvalue weighted by Crippen LogP contribution is 2.30. The van der Waals surface area contributed by atoms with Gasteiger partial charge in [-0.3, -0.25) is 4.79 Å². The number of aromatic nitrogens is 1. The van der Waals surface area contributed by atoms with E-state index in [2.05, 4.69) is 4.98 Å². The van der Waals surface area contributed by atoms with Crippen LogP contribution in [0, 0.1) is 0 Å². The van der Waals surface area contributed by atoms with Crippen LogP contribution in [0.3, 0.4) is 0 Å². The fourth-order valence-corrected chi connectivity index (χ4v) is 4.22. The second-order valence-corrected chi connectivity index (χ2v) is 8.29. The number of nitrogens with one attached hydrogen (secondary N) is 1. The number of hydrogen-bond donors (Lipinski definition) is 2. The van der Waals surface area contributed by atoms with Gasteiger partial charge in [-0.1, -0.05) is 54.1 Å². The Balaban J connectivity index is 1.75. The maximum Gasteiger partial charge on any atom is 0.239 e. The Morgan fingerprint density at radius 2 is 1.61 bits per heavy atom. The predicted molar refractivity (Wildman–Crippen MR) is 110 cm³/mol. The minimum Gasteiger partial charge on any atom is -0.361 e. The first-order valence-corrected chi connectivity index (χ1v) is 10.3. The topological polar surface area (TPSA) is 93.0 Å². The molecule has 5 nitrogen and oxygen atoms in total. The van der Waals surface area contributed by atoms with E-state index >= 15 is 0 Å². The molecule has 3 aromatic carbocycles. The van der Waals surface area contributed by atoms with E-state index in [-0.39, 0.29) is 21.3 Å². The van der Waals surface area contributed by atoms with E-state index in [1.807, 2.05) is 42.6 Å². The number of nitrogens with two attached hydrogens (primary N) is 1. The number of halogens is 1. The summed E-state index contributed by atoms with van der Waals surface area (Å²) in [6, 6.07) is 19.3. The zero-order chi connectivity index (χ0) is 19.9. The quantitative estimate of drug-likeness (QED) is 0.489. The maximum atomic E-state index is 12.9. The molecule has 0 unspecified atom stereocenters. The van der Waals surface area contributed by atoms with Gasteiger partial charge in [0.2, 0.25) is 10.0 Å². The van der Waals surface area contributed by atoms with Crippen molar-refractivity contribution in [1.29, 1.82) is 0 Å². The molecule has 4 rings (SSSR count). The van der Waals surface area contributed by atoms with E-state index in [0.29, 0.717) is 5.56 Å². The molecule has 0 aliphatic heterocycles. The van der Waals surface area contributed by atoms with Crippen molar-refractivity contribution in [2.45, 2.75) is 4.90 Å². The second-order valence-electron chi connectivity index (χ2n) is 6.35. The Labute approximate surface area is 166 Å². The highest BCUT2D eigenvalue weighted by atomic mass is 35.5. The van der Waals surface area contributed by atoms with Gasteiger partial charge in [0.15, 0.2) is 5.78 Å². The van der Waals surface area contributed by atoms with Crippen LogP contribution in [0.2, 0.25) is 5.02 Å². The molecule has 1 aromatic heterocycles. The van der Waals surface area contributed by atoms with Gasteiger partial charge in [0.05, 0.1) is 5.02 Å². The minimum absolute atomic E-state index is 0.0219. The van der Waals surface area contributed by atoms with Gasteiger partial charge in [0, 0.05) is 33.8 Å². The van der Waals surface area contributed by atoms with Crippen LogP contribution >= 0.6 is 11.6 Å². The molecule has 0 aliphatic carbocycles. The number of carbonyl (C=O) groups excluding carboxylic acids is 1. The largest absolute Gasteiger partial charge is 0.361 e. The lowest BCUT2D eigenvalue weighted by Crippen LogP contribution is -2.14. The molecule has 28 heavy (non-hydrogen) atoms. The molecule has 0 saturated heterocycles. The summed E-state index contributed by atoms with van der Waals surface area (Å²) in [5.41, 5.74) is 3.55. The number of sulfonamides is 1. The van der Waals surface area contributed by atoms with Crippen LogP contribution in [0.1, 0.15) is 15.9 Å². The standard InChI is InChI=1S/C21H15ClN2O3S/c22-18-9-7-15(11-20(18)28(23,26)27)21(25)14-6-8-16-17(12-24-19(16)10-14)13-4-2-1-3-5-13/h1-12,24H,(H2,23,26,27). The normalized spacial score (nSPS) is 11.6. The molecule has 1 heterocycles. The Kier molecular flexibility index (Phi) is 4.55. The molecule has 0 atom stereocenters. The summed E-state index contributed by atoms with van der Waals surface area (Å²) in [5.74, 6) is -0.320. The average molecular weight is 411 g/mol. The number of fused-ring (bicyclic) bond motifs is 1. The summed E-state index contributed by atoms with van der Waals surface area (Å²) in [6.07, 6.45) is 1.90. The molecule has 7 heteroatoms. The summed E-state index contributed by atoms with van der Waals surface area (Å²) in [5, 5.41) is 6.14.